The standard InChI is InChI=1S/C13H18O3S/c1-13(2,9-14)11-5-3-4-6-12(11)17(15,16)10-7-8-10/h3-6,10,14H,7-9H2,1-2H3. The molecule has 0 aliphatic heterocycles. The number of rotatable bonds is 4. The number of hydrogen-bond donors (Lipinski definition) is 1. The molecule has 2 rings (SSSR count). The summed E-state index contributed by atoms with van der Waals surface area (Å²) in [6.45, 7) is 3.65. The molecule has 0 amide bonds. The zero-order valence-electron chi connectivity index (χ0n) is 10.2. The number of hydrogen-bond acceptors (Lipinski definition) is 3. The van der Waals surface area contributed by atoms with Gasteiger partial charge in [-0.3, -0.25) is 0 Å². The van der Waals surface area contributed by atoms with Crippen LogP contribution in [0.3, 0.4) is 0 Å². The summed E-state index contributed by atoms with van der Waals surface area (Å²) in [6, 6.07) is 7.01. The molecular weight excluding hydrogens is 236 g/mol. The van der Waals surface area contributed by atoms with Crippen molar-refractivity contribution in [2.75, 3.05) is 6.61 Å². The third-order valence-electron chi connectivity index (χ3n) is 3.28. The van der Waals surface area contributed by atoms with Gasteiger partial charge in [0.05, 0.1) is 16.8 Å². The van der Waals surface area contributed by atoms with E-state index in [1.54, 1.807) is 18.2 Å². The fraction of sp³-hybridized carbons (Fsp3) is 0.538. The Kier molecular flexibility index (Phi) is 3.04. The summed E-state index contributed by atoms with van der Waals surface area (Å²) in [5.41, 5.74) is 0.188. The summed E-state index contributed by atoms with van der Waals surface area (Å²) >= 11 is 0. The molecule has 0 heterocycles. The van der Waals surface area contributed by atoms with Gasteiger partial charge in [0.25, 0.3) is 0 Å². The topological polar surface area (TPSA) is 54.4 Å². The van der Waals surface area contributed by atoms with Gasteiger partial charge in [0.15, 0.2) is 9.84 Å². The first-order chi connectivity index (χ1) is 7.89. The van der Waals surface area contributed by atoms with Gasteiger partial charge in [-0.05, 0) is 24.5 Å². The van der Waals surface area contributed by atoms with Crippen LogP contribution >= 0.6 is 0 Å². The second kappa shape index (κ2) is 4.10. The van der Waals surface area contributed by atoms with Crippen LogP contribution in [0.5, 0.6) is 0 Å². The van der Waals surface area contributed by atoms with Gasteiger partial charge in [-0.15, -0.1) is 0 Å². The monoisotopic (exact) mass is 254 g/mol. The minimum Gasteiger partial charge on any atom is -0.395 e. The highest BCUT2D eigenvalue weighted by atomic mass is 32.2. The van der Waals surface area contributed by atoms with Crippen molar-refractivity contribution in [3.8, 4) is 0 Å². The van der Waals surface area contributed by atoms with Crippen molar-refractivity contribution in [3.63, 3.8) is 0 Å². The molecule has 3 nitrogen and oxygen atoms in total. The second-order valence-corrected chi connectivity index (χ2v) is 7.48. The number of benzene rings is 1. The molecule has 0 bridgehead atoms. The Morgan fingerprint density at radius 2 is 1.88 bits per heavy atom. The van der Waals surface area contributed by atoms with Gasteiger partial charge in [0.1, 0.15) is 0 Å². The molecule has 94 valence electrons. The third kappa shape index (κ3) is 2.24. The highest BCUT2D eigenvalue weighted by Crippen LogP contribution is 2.37. The van der Waals surface area contributed by atoms with E-state index >= 15 is 0 Å². The first-order valence-electron chi connectivity index (χ1n) is 5.84. The van der Waals surface area contributed by atoms with Gasteiger partial charge in [0.2, 0.25) is 0 Å². The quantitative estimate of drug-likeness (QED) is 0.892. The van der Waals surface area contributed by atoms with Crippen LogP contribution in [-0.2, 0) is 15.3 Å². The Labute approximate surface area is 102 Å². The van der Waals surface area contributed by atoms with Crippen molar-refractivity contribution in [3.05, 3.63) is 29.8 Å². The largest absolute Gasteiger partial charge is 0.395 e. The Morgan fingerprint density at radius 1 is 1.29 bits per heavy atom. The van der Waals surface area contributed by atoms with Crippen LogP contribution < -0.4 is 0 Å². The summed E-state index contributed by atoms with van der Waals surface area (Å²) in [6.07, 6.45) is 1.52. The minimum atomic E-state index is -3.20. The van der Waals surface area contributed by atoms with Crippen molar-refractivity contribution < 1.29 is 13.5 Å². The summed E-state index contributed by atoms with van der Waals surface area (Å²) in [5.74, 6) is 0. The Hall–Kier alpha value is -0.870. The summed E-state index contributed by atoms with van der Waals surface area (Å²) < 4.78 is 24.6. The Morgan fingerprint density at radius 3 is 2.41 bits per heavy atom. The molecule has 0 aromatic heterocycles. The van der Waals surface area contributed by atoms with Crippen molar-refractivity contribution in [1.82, 2.24) is 0 Å². The zero-order valence-corrected chi connectivity index (χ0v) is 11.0. The summed E-state index contributed by atoms with van der Waals surface area (Å²) in [7, 11) is -3.20. The molecule has 1 saturated carbocycles. The van der Waals surface area contributed by atoms with Crippen molar-refractivity contribution >= 4 is 9.84 Å². The maximum Gasteiger partial charge on any atom is 0.181 e. The van der Waals surface area contributed by atoms with Crippen molar-refractivity contribution in [1.29, 1.82) is 0 Å². The van der Waals surface area contributed by atoms with Gasteiger partial charge in [0, 0.05) is 5.41 Å². The van der Waals surface area contributed by atoms with Crippen LogP contribution in [0.15, 0.2) is 29.2 Å². The molecule has 0 radical (unpaired) electrons. The SMILES string of the molecule is CC(C)(CO)c1ccccc1S(=O)(=O)C1CC1. The predicted molar refractivity (Wildman–Crippen MR) is 66.8 cm³/mol. The van der Waals surface area contributed by atoms with Crippen molar-refractivity contribution in [2.24, 2.45) is 0 Å². The fourth-order valence-electron chi connectivity index (χ4n) is 1.92. The number of aliphatic hydroxyl groups excluding tert-OH is 1. The van der Waals surface area contributed by atoms with Crippen LogP contribution in [-0.4, -0.2) is 25.4 Å². The maximum absolute atomic E-state index is 12.3. The molecule has 1 fully saturated rings. The normalized spacial score (nSPS) is 17.1. The molecule has 0 saturated heterocycles. The van der Waals surface area contributed by atoms with Gasteiger partial charge in [-0.2, -0.15) is 0 Å². The lowest BCUT2D eigenvalue weighted by molar-refractivity contribution is 0.216. The van der Waals surface area contributed by atoms with Crippen LogP contribution in [0, 0.1) is 0 Å². The predicted octanol–water partition coefficient (Wildman–Crippen LogP) is 1.89. The molecule has 0 atom stereocenters. The van der Waals surface area contributed by atoms with Gasteiger partial charge >= 0.3 is 0 Å². The lowest BCUT2D eigenvalue weighted by atomic mass is 9.86. The molecule has 1 aliphatic rings. The molecule has 1 aromatic rings. The van der Waals surface area contributed by atoms with Crippen LogP contribution in [0.4, 0.5) is 0 Å². The molecule has 4 heteroatoms. The average molecular weight is 254 g/mol. The molecule has 1 aliphatic carbocycles. The lowest BCUT2D eigenvalue weighted by Crippen LogP contribution is -2.25. The van der Waals surface area contributed by atoms with Gasteiger partial charge < -0.3 is 5.11 Å². The summed E-state index contributed by atoms with van der Waals surface area (Å²) in [5, 5.41) is 9.19. The van der Waals surface area contributed by atoms with Crippen LogP contribution in [0.25, 0.3) is 0 Å². The van der Waals surface area contributed by atoms with E-state index in [-0.39, 0.29) is 11.9 Å². The highest BCUT2D eigenvalue weighted by molar-refractivity contribution is 7.92. The van der Waals surface area contributed by atoms with E-state index in [4.69, 9.17) is 0 Å². The maximum atomic E-state index is 12.3. The van der Waals surface area contributed by atoms with E-state index < -0.39 is 15.3 Å². The molecule has 1 aromatic carbocycles. The smallest absolute Gasteiger partial charge is 0.181 e. The van der Waals surface area contributed by atoms with E-state index in [1.807, 2.05) is 19.9 Å². The second-order valence-electron chi connectivity index (χ2n) is 5.28. The molecular formula is C13H18O3S. The lowest BCUT2D eigenvalue weighted by Gasteiger charge is -2.25. The molecule has 17 heavy (non-hydrogen) atoms. The molecule has 0 spiro atoms. The van der Waals surface area contributed by atoms with Crippen molar-refractivity contribution in [2.45, 2.75) is 42.2 Å². The molecule has 1 N–H and O–H groups in total. The van der Waals surface area contributed by atoms with E-state index in [0.29, 0.717) is 4.90 Å². The van der Waals surface area contributed by atoms with E-state index in [1.165, 1.54) is 0 Å². The summed E-state index contributed by atoms with van der Waals surface area (Å²) in [4.78, 5) is 0.390. The first-order valence-corrected chi connectivity index (χ1v) is 7.38. The molecule has 0 unspecified atom stereocenters. The average Bonchev–Trinajstić information content (AvgIpc) is 3.13. The van der Waals surface area contributed by atoms with E-state index in [9.17, 15) is 13.5 Å². The van der Waals surface area contributed by atoms with Crippen LogP contribution in [0.2, 0.25) is 0 Å². The van der Waals surface area contributed by atoms with Gasteiger partial charge in [-0.1, -0.05) is 32.0 Å². The Bertz CT molecular complexity index is 513. The number of sulfone groups is 1. The fourth-order valence-corrected chi connectivity index (χ4v) is 3.95. The Balaban J connectivity index is 2.55. The van der Waals surface area contributed by atoms with E-state index in [2.05, 4.69) is 0 Å². The van der Waals surface area contributed by atoms with Gasteiger partial charge in [-0.25, -0.2) is 8.42 Å². The van der Waals surface area contributed by atoms with Crippen LogP contribution in [0.1, 0.15) is 32.3 Å². The highest BCUT2D eigenvalue weighted by Gasteiger charge is 2.39. The third-order valence-corrected chi connectivity index (χ3v) is 5.60. The minimum absolute atomic E-state index is 0.0653. The zero-order chi connectivity index (χ0) is 12.7. The first kappa shape index (κ1) is 12.6. The number of aliphatic hydroxyl groups is 1. The van der Waals surface area contributed by atoms with E-state index in [0.717, 1.165) is 18.4 Å².